The first-order valence-corrected chi connectivity index (χ1v) is 10.0. The minimum absolute atomic E-state index is 0.0610. The van der Waals surface area contributed by atoms with Crippen molar-refractivity contribution in [1.29, 1.82) is 5.26 Å². The molecule has 27 heavy (non-hydrogen) atoms. The fourth-order valence-corrected chi connectivity index (χ4v) is 3.90. The number of hydrogen-bond donors (Lipinski definition) is 1. The molecule has 142 valence electrons. The third kappa shape index (κ3) is 4.32. The molecular formula is C17H21N7O2S. The summed E-state index contributed by atoms with van der Waals surface area (Å²) in [6.07, 6.45) is 2.16. The molecule has 0 atom stereocenters. The molecule has 9 nitrogen and oxygen atoms in total. The van der Waals surface area contributed by atoms with E-state index >= 15 is 0 Å². The van der Waals surface area contributed by atoms with Crippen molar-refractivity contribution in [2.24, 2.45) is 0 Å². The van der Waals surface area contributed by atoms with Crippen molar-refractivity contribution in [3.8, 4) is 6.07 Å². The highest BCUT2D eigenvalue weighted by atomic mass is 32.2. The normalized spacial score (nSPS) is 14.2. The van der Waals surface area contributed by atoms with Crippen molar-refractivity contribution < 1.29 is 8.42 Å². The van der Waals surface area contributed by atoms with Gasteiger partial charge in [0.1, 0.15) is 6.07 Å². The number of benzene rings is 1. The summed E-state index contributed by atoms with van der Waals surface area (Å²) in [4.78, 5) is 17.0. The molecule has 1 aliphatic heterocycles. The summed E-state index contributed by atoms with van der Waals surface area (Å²) in [5.41, 5.74) is 0.0902. The minimum atomic E-state index is -3.87. The van der Waals surface area contributed by atoms with Crippen LogP contribution in [0.4, 0.5) is 11.9 Å². The topological polar surface area (TPSA) is 115 Å². The molecule has 1 fully saturated rings. The lowest BCUT2D eigenvalue weighted by atomic mass is 10.2. The summed E-state index contributed by atoms with van der Waals surface area (Å²) in [5.74, 6) is 1.35. The van der Waals surface area contributed by atoms with E-state index in [0.717, 1.165) is 25.9 Å². The van der Waals surface area contributed by atoms with Crippen LogP contribution in [0.1, 0.15) is 24.2 Å². The van der Waals surface area contributed by atoms with Crippen LogP contribution >= 0.6 is 0 Å². The van der Waals surface area contributed by atoms with Gasteiger partial charge in [0, 0.05) is 27.2 Å². The first-order chi connectivity index (χ1) is 12.9. The standard InChI is InChI=1S/C17H21N7O2S/c1-23(2)16-20-15(21-17(22-16)24-9-5-6-10-24)12-19-27(25,26)14-8-4-3-7-13(14)11-18/h3-4,7-8,19H,5-6,9-10,12H2,1-2H3. The second-order valence-electron chi connectivity index (χ2n) is 6.37. The predicted molar refractivity (Wildman–Crippen MR) is 101 cm³/mol. The largest absolute Gasteiger partial charge is 0.347 e. The first kappa shape index (κ1) is 19.0. The smallest absolute Gasteiger partial charge is 0.242 e. The molecule has 1 aromatic heterocycles. The zero-order valence-electron chi connectivity index (χ0n) is 15.3. The van der Waals surface area contributed by atoms with E-state index in [2.05, 4.69) is 24.6 Å². The van der Waals surface area contributed by atoms with Gasteiger partial charge in [0.25, 0.3) is 0 Å². The summed E-state index contributed by atoms with van der Waals surface area (Å²) in [6.45, 7) is 1.65. The van der Waals surface area contributed by atoms with Gasteiger partial charge in [0.2, 0.25) is 21.9 Å². The van der Waals surface area contributed by atoms with Crippen LogP contribution < -0.4 is 14.5 Å². The molecule has 2 heterocycles. The predicted octanol–water partition coefficient (Wildman–Crippen LogP) is 0.888. The second kappa shape index (κ2) is 7.85. The summed E-state index contributed by atoms with van der Waals surface area (Å²) in [6, 6.07) is 7.96. The maximum Gasteiger partial charge on any atom is 0.242 e. The Labute approximate surface area is 158 Å². The summed E-state index contributed by atoms with van der Waals surface area (Å²) in [7, 11) is -0.227. The van der Waals surface area contributed by atoms with Crippen molar-refractivity contribution in [3.05, 3.63) is 35.7 Å². The van der Waals surface area contributed by atoms with Crippen LogP contribution in [-0.2, 0) is 16.6 Å². The van der Waals surface area contributed by atoms with Gasteiger partial charge in [-0.05, 0) is 25.0 Å². The minimum Gasteiger partial charge on any atom is -0.347 e. The lowest BCUT2D eigenvalue weighted by Gasteiger charge is -2.19. The molecule has 0 unspecified atom stereocenters. The van der Waals surface area contributed by atoms with Crippen molar-refractivity contribution >= 4 is 21.9 Å². The Hall–Kier alpha value is -2.77. The highest BCUT2D eigenvalue weighted by Crippen LogP contribution is 2.19. The summed E-state index contributed by atoms with van der Waals surface area (Å²) in [5, 5.41) is 9.14. The number of hydrogen-bond acceptors (Lipinski definition) is 8. The number of nitrogens with one attached hydrogen (secondary N) is 1. The fraction of sp³-hybridized carbons (Fsp3) is 0.412. The average molecular weight is 387 g/mol. The Morgan fingerprint density at radius 2 is 1.89 bits per heavy atom. The molecule has 0 spiro atoms. The number of aromatic nitrogens is 3. The maximum atomic E-state index is 12.6. The number of nitriles is 1. The van der Waals surface area contributed by atoms with Gasteiger partial charge in [-0.25, -0.2) is 13.1 Å². The Morgan fingerprint density at radius 1 is 1.19 bits per heavy atom. The van der Waals surface area contributed by atoms with E-state index in [9.17, 15) is 8.42 Å². The van der Waals surface area contributed by atoms with Crippen LogP contribution in [0.2, 0.25) is 0 Å². The van der Waals surface area contributed by atoms with Crippen LogP contribution in [0.5, 0.6) is 0 Å². The van der Waals surface area contributed by atoms with Crippen LogP contribution in [0.3, 0.4) is 0 Å². The lowest BCUT2D eigenvalue weighted by molar-refractivity contribution is 0.578. The third-order valence-corrected chi connectivity index (χ3v) is 5.62. The molecule has 1 aromatic carbocycles. The molecule has 0 aliphatic carbocycles. The molecule has 2 aromatic rings. The van der Waals surface area contributed by atoms with E-state index in [1.807, 2.05) is 20.2 Å². The van der Waals surface area contributed by atoms with Gasteiger partial charge in [-0.3, -0.25) is 0 Å². The van der Waals surface area contributed by atoms with Gasteiger partial charge in [-0.2, -0.15) is 20.2 Å². The number of anilines is 2. The number of nitrogens with zero attached hydrogens (tertiary/aromatic N) is 6. The molecule has 1 aliphatic rings. The number of rotatable bonds is 6. The highest BCUT2D eigenvalue weighted by molar-refractivity contribution is 7.89. The Balaban J connectivity index is 1.85. The molecule has 10 heteroatoms. The van der Waals surface area contributed by atoms with Crippen LogP contribution in [0.15, 0.2) is 29.2 Å². The second-order valence-corrected chi connectivity index (χ2v) is 8.11. The van der Waals surface area contributed by atoms with E-state index in [1.54, 1.807) is 17.0 Å². The zero-order valence-corrected chi connectivity index (χ0v) is 16.1. The van der Waals surface area contributed by atoms with Crippen molar-refractivity contribution in [2.45, 2.75) is 24.3 Å². The van der Waals surface area contributed by atoms with E-state index in [1.165, 1.54) is 12.1 Å². The zero-order chi connectivity index (χ0) is 19.4. The van der Waals surface area contributed by atoms with Crippen molar-refractivity contribution in [2.75, 3.05) is 37.0 Å². The van der Waals surface area contributed by atoms with Crippen LogP contribution in [0, 0.1) is 11.3 Å². The molecular weight excluding hydrogens is 366 g/mol. The molecule has 0 radical (unpaired) electrons. The van der Waals surface area contributed by atoms with Crippen LogP contribution in [-0.4, -0.2) is 50.6 Å². The molecule has 3 rings (SSSR count). The molecule has 0 bridgehead atoms. The summed E-state index contributed by atoms with van der Waals surface area (Å²) < 4.78 is 27.7. The quantitative estimate of drug-likeness (QED) is 0.777. The molecule has 1 N–H and O–H groups in total. The van der Waals surface area contributed by atoms with E-state index in [4.69, 9.17) is 5.26 Å². The average Bonchev–Trinajstić information content (AvgIpc) is 3.21. The maximum absolute atomic E-state index is 12.6. The Morgan fingerprint density at radius 3 is 2.56 bits per heavy atom. The van der Waals surface area contributed by atoms with E-state index in [0.29, 0.717) is 17.7 Å². The highest BCUT2D eigenvalue weighted by Gasteiger charge is 2.21. The first-order valence-electron chi connectivity index (χ1n) is 8.57. The van der Waals surface area contributed by atoms with Gasteiger partial charge >= 0.3 is 0 Å². The van der Waals surface area contributed by atoms with Gasteiger partial charge in [0.15, 0.2) is 5.82 Å². The van der Waals surface area contributed by atoms with Gasteiger partial charge in [-0.15, -0.1) is 0 Å². The van der Waals surface area contributed by atoms with Crippen LogP contribution in [0.25, 0.3) is 0 Å². The monoisotopic (exact) mass is 387 g/mol. The van der Waals surface area contributed by atoms with E-state index in [-0.39, 0.29) is 17.0 Å². The number of sulfonamides is 1. The third-order valence-electron chi connectivity index (χ3n) is 4.16. The van der Waals surface area contributed by atoms with Crippen molar-refractivity contribution in [1.82, 2.24) is 19.7 Å². The fourth-order valence-electron chi connectivity index (χ4n) is 2.76. The van der Waals surface area contributed by atoms with Gasteiger partial charge < -0.3 is 9.80 Å². The molecule has 0 amide bonds. The SMILES string of the molecule is CN(C)c1nc(CNS(=O)(=O)c2ccccc2C#N)nc(N2CCCC2)n1. The summed E-state index contributed by atoms with van der Waals surface area (Å²) >= 11 is 0. The van der Waals surface area contributed by atoms with E-state index < -0.39 is 10.0 Å². The molecule has 0 saturated carbocycles. The Kier molecular flexibility index (Phi) is 5.53. The van der Waals surface area contributed by atoms with Gasteiger partial charge in [-0.1, -0.05) is 12.1 Å². The Bertz CT molecular complexity index is 963. The van der Waals surface area contributed by atoms with Gasteiger partial charge in [0.05, 0.1) is 17.0 Å². The lowest BCUT2D eigenvalue weighted by Crippen LogP contribution is -2.28. The molecule has 1 saturated heterocycles. The van der Waals surface area contributed by atoms with Crippen molar-refractivity contribution in [3.63, 3.8) is 0 Å².